The third kappa shape index (κ3) is 7.70. The maximum atomic E-state index is 11.1. The number of carbonyl (C=O) groups is 1. The van der Waals surface area contributed by atoms with Gasteiger partial charge in [0.25, 0.3) is 0 Å². The topological polar surface area (TPSA) is 61.8 Å². The van der Waals surface area contributed by atoms with Gasteiger partial charge >= 0.3 is 0 Å². The molecule has 0 bridgehead atoms. The molecule has 0 radical (unpaired) electrons. The highest BCUT2D eigenvalue weighted by Gasteiger charge is 2.04. The smallest absolute Gasteiger partial charge is 0.234 e. The molecule has 0 spiro atoms. The molecular formula is C8H18N2O3. The average Bonchev–Trinajstić information content (AvgIpc) is 2.05. The van der Waals surface area contributed by atoms with Gasteiger partial charge in [0.05, 0.1) is 19.8 Å². The Hall–Kier alpha value is -0.650. The van der Waals surface area contributed by atoms with Crippen molar-refractivity contribution in [2.45, 2.75) is 0 Å². The Kier molecular flexibility index (Phi) is 7.57. The number of likely N-dealkylation sites (N-methyl/N-ethyl adjacent to an activating group) is 1. The lowest BCUT2D eigenvalue weighted by atomic mass is 10.5. The highest BCUT2D eigenvalue weighted by atomic mass is 16.5. The second-order valence-corrected chi connectivity index (χ2v) is 2.80. The molecule has 0 aromatic heterocycles. The van der Waals surface area contributed by atoms with Crippen molar-refractivity contribution in [1.82, 2.24) is 10.2 Å². The first-order chi connectivity index (χ1) is 6.20. The van der Waals surface area contributed by atoms with Crippen molar-refractivity contribution in [2.75, 3.05) is 47.0 Å². The van der Waals surface area contributed by atoms with Crippen molar-refractivity contribution < 1.29 is 14.6 Å². The van der Waals surface area contributed by atoms with Crippen LogP contribution in [0.1, 0.15) is 0 Å². The maximum absolute atomic E-state index is 11.1. The summed E-state index contributed by atoms with van der Waals surface area (Å²) in [5.74, 6) is -0.0481. The van der Waals surface area contributed by atoms with Crippen LogP contribution in [0.2, 0.25) is 0 Å². The molecule has 0 rings (SSSR count). The fourth-order valence-corrected chi connectivity index (χ4v) is 0.843. The van der Waals surface area contributed by atoms with Gasteiger partial charge in [0, 0.05) is 20.2 Å². The van der Waals surface area contributed by atoms with Crippen LogP contribution in [-0.2, 0) is 9.53 Å². The fourth-order valence-electron chi connectivity index (χ4n) is 0.843. The largest absolute Gasteiger partial charge is 0.395 e. The molecule has 0 aliphatic carbocycles. The SMILES string of the molecule is COCCNC(=O)CN(C)CCO. The first-order valence-electron chi connectivity index (χ1n) is 4.25. The summed E-state index contributed by atoms with van der Waals surface area (Å²) >= 11 is 0. The van der Waals surface area contributed by atoms with E-state index in [2.05, 4.69) is 5.32 Å². The van der Waals surface area contributed by atoms with Crippen molar-refractivity contribution in [3.8, 4) is 0 Å². The Bertz CT molecular complexity index is 141. The minimum absolute atomic E-state index is 0.0481. The van der Waals surface area contributed by atoms with Crippen molar-refractivity contribution in [2.24, 2.45) is 0 Å². The molecule has 0 aliphatic rings. The van der Waals surface area contributed by atoms with Crippen LogP contribution < -0.4 is 5.32 Å². The molecule has 0 aromatic carbocycles. The van der Waals surface area contributed by atoms with E-state index < -0.39 is 0 Å². The van der Waals surface area contributed by atoms with Gasteiger partial charge in [-0.25, -0.2) is 0 Å². The summed E-state index contributed by atoms with van der Waals surface area (Å²) in [4.78, 5) is 12.9. The van der Waals surface area contributed by atoms with Crippen molar-refractivity contribution in [3.63, 3.8) is 0 Å². The van der Waals surface area contributed by atoms with Crippen LogP contribution >= 0.6 is 0 Å². The molecule has 0 heterocycles. The van der Waals surface area contributed by atoms with Crippen molar-refractivity contribution >= 4 is 5.91 Å². The lowest BCUT2D eigenvalue weighted by Crippen LogP contribution is -2.37. The molecule has 5 heteroatoms. The number of methoxy groups -OCH3 is 1. The molecule has 0 fully saturated rings. The molecular weight excluding hydrogens is 172 g/mol. The highest BCUT2D eigenvalue weighted by Crippen LogP contribution is 1.80. The first-order valence-corrected chi connectivity index (χ1v) is 4.25. The van der Waals surface area contributed by atoms with Gasteiger partial charge in [-0.3, -0.25) is 9.69 Å². The lowest BCUT2D eigenvalue weighted by molar-refractivity contribution is -0.122. The van der Waals surface area contributed by atoms with Gasteiger partial charge in [-0.15, -0.1) is 0 Å². The summed E-state index contributed by atoms with van der Waals surface area (Å²) in [5.41, 5.74) is 0. The number of aliphatic hydroxyl groups excluding tert-OH is 1. The Morgan fingerprint density at radius 3 is 2.85 bits per heavy atom. The second-order valence-electron chi connectivity index (χ2n) is 2.80. The molecule has 5 nitrogen and oxygen atoms in total. The minimum atomic E-state index is -0.0481. The van der Waals surface area contributed by atoms with E-state index >= 15 is 0 Å². The van der Waals surface area contributed by atoms with E-state index in [4.69, 9.17) is 9.84 Å². The number of ether oxygens (including phenoxy) is 1. The summed E-state index contributed by atoms with van der Waals surface area (Å²) in [7, 11) is 3.37. The number of amides is 1. The Labute approximate surface area is 78.7 Å². The number of hydrogen-bond donors (Lipinski definition) is 2. The number of carbonyl (C=O) groups excluding carboxylic acids is 1. The molecule has 0 unspecified atom stereocenters. The van der Waals surface area contributed by atoms with E-state index in [0.29, 0.717) is 26.2 Å². The molecule has 0 aromatic rings. The zero-order valence-electron chi connectivity index (χ0n) is 8.25. The normalized spacial score (nSPS) is 10.5. The van der Waals surface area contributed by atoms with Gasteiger partial charge < -0.3 is 15.2 Å². The Morgan fingerprint density at radius 2 is 2.31 bits per heavy atom. The second kappa shape index (κ2) is 7.97. The summed E-state index contributed by atoms with van der Waals surface area (Å²) in [5, 5.41) is 11.3. The van der Waals surface area contributed by atoms with Gasteiger partial charge in [-0.2, -0.15) is 0 Å². The molecule has 13 heavy (non-hydrogen) atoms. The zero-order chi connectivity index (χ0) is 10.1. The highest BCUT2D eigenvalue weighted by molar-refractivity contribution is 5.77. The summed E-state index contributed by atoms with van der Waals surface area (Å²) in [6, 6.07) is 0. The van der Waals surface area contributed by atoms with E-state index in [1.165, 1.54) is 0 Å². The maximum Gasteiger partial charge on any atom is 0.234 e. The Morgan fingerprint density at radius 1 is 1.62 bits per heavy atom. The van der Waals surface area contributed by atoms with E-state index in [-0.39, 0.29) is 12.5 Å². The first kappa shape index (κ1) is 12.3. The molecule has 2 N–H and O–H groups in total. The minimum Gasteiger partial charge on any atom is -0.395 e. The number of nitrogens with one attached hydrogen (secondary N) is 1. The van der Waals surface area contributed by atoms with E-state index in [1.54, 1.807) is 19.1 Å². The van der Waals surface area contributed by atoms with E-state index in [0.717, 1.165) is 0 Å². The molecule has 78 valence electrons. The van der Waals surface area contributed by atoms with Gasteiger partial charge in [-0.05, 0) is 7.05 Å². The number of aliphatic hydroxyl groups is 1. The molecule has 1 amide bonds. The predicted octanol–water partition coefficient (Wildman–Crippen LogP) is -1.33. The van der Waals surface area contributed by atoms with Crippen molar-refractivity contribution in [1.29, 1.82) is 0 Å². The van der Waals surface area contributed by atoms with Gasteiger partial charge in [0.1, 0.15) is 0 Å². The van der Waals surface area contributed by atoms with Gasteiger partial charge in [-0.1, -0.05) is 0 Å². The third-order valence-corrected chi connectivity index (χ3v) is 1.52. The van der Waals surface area contributed by atoms with Crippen LogP contribution in [0.3, 0.4) is 0 Å². The quantitative estimate of drug-likeness (QED) is 0.488. The summed E-state index contributed by atoms with van der Waals surface area (Å²) in [6.45, 7) is 1.95. The van der Waals surface area contributed by atoms with Crippen LogP contribution in [0, 0.1) is 0 Å². The van der Waals surface area contributed by atoms with Crippen LogP contribution in [0.25, 0.3) is 0 Å². The van der Waals surface area contributed by atoms with E-state index in [1.807, 2.05) is 0 Å². The molecule has 0 saturated heterocycles. The fraction of sp³-hybridized carbons (Fsp3) is 0.875. The molecule has 0 aliphatic heterocycles. The van der Waals surface area contributed by atoms with Gasteiger partial charge in [0.2, 0.25) is 5.91 Å². The summed E-state index contributed by atoms with van der Waals surface area (Å²) in [6.07, 6.45) is 0. The van der Waals surface area contributed by atoms with Crippen LogP contribution in [0.5, 0.6) is 0 Å². The summed E-state index contributed by atoms with van der Waals surface area (Å²) < 4.78 is 4.78. The van der Waals surface area contributed by atoms with Crippen LogP contribution in [-0.4, -0.2) is 62.9 Å². The third-order valence-electron chi connectivity index (χ3n) is 1.52. The zero-order valence-corrected chi connectivity index (χ0v) is 8.25. The average molecular weight is 190 g/mol. The number of rotatable bonds is 7. The van der Waals surface area contributed by atoms with Crippen molar-refractivity contribution in [3.05, 3.63) is 0 Å². The van der Waals surface area contributed by atoms with Crippen LogP contribution in [0.4, 0.5) is 0 Å². The van der Waals surface area contributed by atoms with Crippen LogP contribution in [0.15, 0.2) is 0 Å². The predicted molar refractivity (Wildman–Crippen MR) is 49.5 cm³/mol. The number of hydrogen-bond acceptors (Lipinski definition) is 4. The molecule has 0 atom stereocenters. The molecule has 0 saturated carbocycles. The standard InChI is InChI=1S/C8H18N2O3/c1-10(4-5-11)7-8(12)9-3-6-13-2/h11H,3-7H2,1-2H3,(H,9,12). The van der Waals surface area contributed by atoms with E-state index in [9.17, 15) is 4.79 Å². The monoisotopic (exact) mass is 190 g/mol. The van der Waals surface area contributed by atoms with Gasteiger partial charge in [0.15, 0.2) is 0 Å². The number of nitrogens with zero attached hydrogens (tertiary/aromatic N) is 1. The lowest BCUT2D eigenvalue weighted by Gasteiger charge is -2.14. The Balaban J connectivity index is 3.38.